The molecule has 0 spiro atoms. The fraction of sp³-hybridized carbons (Fsp3) is 0.125. The van der Waals surface area contributed by atoms with Crippen molar-refractivity contribution in [3.8, 4) is 5.69 Å². The van der Waals surface area contributed by atoms with Crippen LogP contribution in [0.3, 0.4) is 0 Å². The second-order valence-electron chi connectivity index (χ2n) is 5.23. The third-order valence-corrected chi connectivity index (χ3v) is 3.91. The van der Waals surface area contributed by atoms with Crippen molar-refractivity contribution in [2.24, 2.45) is 0 Å². The molecule has 1 aromatic carbocycles. The minimum Gasteiger partial charge on any atom is -0.373 e. The number of aromatic amines is 1. The van der Waals surface area contributed by atoms with Gasteiger partial charge in [-0.3, -0.25) is 5.10 Å². The first-order valence-corrected chi connectivity index (χ1v) is 6.97. The fourth-order valence-corrected chi connectivity index (χ4v) is 2.86. The predicted octanol–water partition coefficient (Wildman–Crippen LogP) is 3.39. The molecule has 0 saturated carbocycles. The highest BCUT2D eigenvalue weighted by atomic mass is 19.1. The fourth-order valence-electron chi connectivity index (χ4n) is 2.86. The van der Waals surface area contributed by atoms with Crippen LogP contribution in [0.2, 0.25) is 0 Å². The second-order valence-corrected chi connectivity index (χ2v) is 5.23. The minimum atomic E-state index is -0.262. The number of hydrogen-bond acceptors (Lipinski definition) is 3. The minimum absolute atomic E-state index is 0.262. The highest BCUT2D eigenvalue weighted by Gasteiger charge is 2.16. The molecule has 110 valence electrons. The van der Waals surface area contributed by atoms with Gasteiger partial charge in [-0.15, -0.1) is 0 Å². The summed E-state index contributed by atoms with van der Waals surface area (Å²) in [5.41, 5.74) is 4.68. The van der Waals surface area contributed by atoms with E-state index in [1.165, 1.54) is 12.1 Å². The highest BCUT2D eigenvalue weighted by Crippen LogP contribution is 2.32. The number of nitrogens with zero attached hydrogens (tertiary/aromatic N) is 3. The van der Waals surface area contributed by atoms with Crippen LogP contribution in [-0.4, -0.2) is 26.8 Å². The number of anilines is 1. The summed E-state index contributed by atoms with van der Waals surface area (Å²) >= 11 is 0. The second kappa shape index (κ2) is 4.56. The van der Waals surface area contributed by atoms with Crippen LogP contribution >= 0.6 is 0 Å². The monoisotopic (exact) mass is 295 g/mol. The molecule has 0 atom stereocenters. The first-order valence-electron chi connectivity index (χ1n) is 6.97. The summed E-state index contributed by atoms with van der Waals surface area (Å²) in [5.74, 6) is 0.550. The van der Waals surface area contributed by atoms with Gasteiger partial charge in [0.05, 0.1) is 34.6 Å². The quantitative estimate of drug-likeness (QED) is 0.596. The number of rotatable bonds is 2. The number of aromatic nitrogens is 4. The van der Waals surface area contributed by atoms with Crippen molar-refractivity contribution < 1.29 is 4.39 Å². The van der Waals surface area contributed by atoms with Crippen LogP contribution in [0, 0.1) is 12.7 Å². The molecule has 0 saturated heterocycles. The van der Waals surface area contributed by atoms with Crippen molar-refractivity contribution in [2.45, 2.75) is 6.92 Å². The Labute approximate surface area is 125 Å². The Hall–Kier alpha value is -2.89. The Bertz CT molecular complexity index is 999. The van der Waals surface area contributed by atoms with Crippen molar-refractivity contribution in [2.75, 3.05) is 12.4 Å². The smallest absolute Gasteiger partial charge is 0.126 e. The van der Waals surface area contributed by atoms with Gasteiger partial charge in [0.1, 0.15) is 11.6 Å². The molecule has 2 N–H and O–H groups in total. The number of benzene rings is 1. The van der Waals surface area contributed by atoms with Gasteiger partial charge < -0.3 is 9.88 Å². The van der Waals surface area contributed by atoms with E-state index < -0.39 is 0 Å². The summed E-state index contributed by atoms with van der Waals surface area (Å²) in [5, 5.41) is 10.9. The van der Waals surface area contributed by atoms with Crippen LogP contribution in [0.4, 0.5) is 10.2 Å². The topological polar surface area (TPSA) is 58.5 Å². The normalized spacial score (nSPS) is 11.4. The average molecular weight is 295 g/mol. The van der Waals surface area contributed by atoms with Crippen molar-refractivity contribution in [3.05, 3.63) is 48.0 Å². The van der Waals surface area contributed by atoms with Gasteiger partial charge in [-0.05, 0) is 36.8 Å². The summed E-state index contributed by atoms with van der Waals surface area (Å²) < 4.78 is 15.6. The van der Waals surface area contributed by atoms with Gasteiger partial charge in [-0.1, -0.05) is 0 Å². The van der Waals surface area contributed by atoms with E-state index in [-0.39, 0.29) is 5.82 Å². The Morgan fingerprint density at radius 2 is 2.05 bits per heavy atom. The molecule has 0 bridgehead atoms. The van der Waals surface area contributed by atoms with Crippen LogP contribution in [-0.2, 0) is 0 Å². The standard InChI is InChI=1S/C16H14FN5/c1-9-5-15(18-2)19-7-13(9)22-12-4-3-10(17)6-11(12)16-14(22)8-20-21-16/h3-8H,1-2H3,(H,18,19)(H,20,21). The summed E-state index contributed by atoms with van der Waals surface area (Å²) in [6, 6.07) is 6.76. The van der Waals surface area contributed by atoms with Crippen molar-refractivity contribution in [1.82, 2.24) is 19.7 Å². The maximum Gasteiger partial charge on any atom is 0.126 e. The first kappa shape index (κ1) is 12.8. The van der Waals surface area contributed by atoms with E-state index >= 15 is 0 Å². The Balaban J connectivity index is 2.10. The van der Waals surface area contributed by atoms with E-state index in [0.717, 1.165) is 39.0 Å². The maximum absolute atomic E-state index is 13.6. The van der Waals surface area contributed by atoms with Crippen LogP contribution in [0.15, 0.2) is 36.7 Å². The SMILES string of the molecule is CNc1cc(C)c(-n2c3ccc(F)cc3c3[nH]ncc32)cn1. The van der Waals surface area contributed by atoms with Gasteiger partial charge in [0.15, 0.2) is 0 Å². The molecule has 0 amide bonds. The highest BCUT2D eigenvalue weighted by molar-refractivity contribution is 6.06. The lowest BCUT2D eigenvalue weighted by molar-refractivity contribution is 0.629. The maximum atomic E-state index is 13.6. The summed E-state index contributed by atoms with van der Waals surface area (Å²) in [6.45, 7) is 2.03. The zero-order valence-electron chi connectivity index (χ0n) is 12.2. The number of hydrogen-bond donors (Lipinski definition) is 2. The van der Waals surface area contributed by atoms with Crippen LogP contribution in [0.25, 0.3) is 27.6 Å². The molecule has 0 radical (unpaired) electrons. The first-order chi connectivity index (χ1) is 10.7. The molecule has 0 aliphatic carbocycles. The molecular formula is C16H14FN5. The lowest BCUT2D eigenvalue weighted by atomic mass is 10.2. The largest absolute Gasteiger partial charge is 0.373 e. The molecule has 0 aliphatic heterocycles. The zero-order valence-corrected chi connectivity index (χ0v) is 12.2. The number of fused-ring (bicyclic) bond motifs is 3. The molecule has 0 aliphatic rings. The van der Waals surface area contributed by atoms with Gasteiger partial charge in [0.25, 0.3) is 0 Å². The molecule has 4 aromatic rings. The number of nitrogens with one attached hydrogen (secondary N) is 2. The third-order valence-electron chi connectivity index (χ3n) is 3.91. The summed E-state index contributed by atoms with van der Waals surface area (Å²) in [7, 11) is 1.84. The molecule has 6 heteroatoms. The summed E-state index contributed by atoms with van der Waals surface area (Å²) in [4.78, 5) is 4.39. The average Bonchev–Trinajstić information content (AvgIpc) is 3.08. The Kier molecular flexibility index (Phi) is 2.66. The van der Waals surface area contributed by atoms with Gasteiger partial charge in [0, 0.05) is 12.4 Å². The molecule has 22 heavy (non-hydrogen) atoms. The van der Waals surface area contributed by atoms with Crippen molar-refractivity contribution in [3.63, 3.8) is 0 Å². The van der Waals surface area contributed by atoms with E-state index in [4.69, 9.17) is 0 Å². The van der Waals surface area contributed by atoms with Gasteiger partial charge in [-0.2, -0.15) is 5.10 Å². The zero-order chi connectivity index (χ0) is 15.3. The van der Waals surface area contributed by atoms with E-state index in [1.54, 1.807) is 12.3 Å². The lowest BCUT2D eigenvalue weighted by Gasteiger charge is -2.11. The molecule has 0 fully saturated rings. The van der Waals surface area contributed by atoms with E-state index in [9.17, 15) is 4.39 Å². The third kappa shape index (κ3) is 1.70. The van der Waals surface area contributed by atoms with Crippen LogP contribution in [0.5, 0.6) is 0 Å². The van der Waals surface area contributed by atoms with Gasteiger partial charge >= 0.3 is 0 Å². The van der Waals surface area contributed by atoms with E-state index in [1.807, 2.05) is 26.2 Å². The van der Waals surface area contributed by atoms with Gasteiger partial charge in [-0.25, -0.2) is 9.37 Å². The van der Waals surface area contributed by atoms with Gasteiger partial charge in [0.2, 0.25) is 0 Å². The van der Waals surface area contributed by atoms with Crippen molar-refractivity contribution in [1.29, 1.82) is 0 Å². The number of pyridine rings is 1. The number of H-pyrrole nitrogens is 1. The molecular weight excluding hydrogens is 281 g/mol. The summed E-state index contributed by atoms with van der Waals surface area (Å²) in [6.07, 6.45) is 3.56. The Morgan fingerprint density at radius 1 is 1.18 bits per heavy atom. The molecule has 3 aromatic heterocycles. The number of aryl methyl sites for hydroxylation is 1. The van der Waals surface area contributed by atoms with Crippen LogP contribution < -0.4 is 5.32 Å². The Morgan fingerprint density at radius 3 is 2.82 bits per heavy atom. The molecule has 0 unspecified atom stereocenters. The lowest BCUT2D eigenvalue weighted by Crippen LogP contribution is -2.00. The van der Waals surface area contributed by atoms with Crippen molar-refractivity contribution >= 4 is 27.8 Å². The molecule has 5 nitrogen and oxygen atoms in total. The molecule has 4 rings (SSSR count). The van der Waals surface area contributed by atoms with E-state index in [2.05, 4.69) is 25.1 Å². The predicted molar refractivity (Wildman–Crippen MR) is 85.0 cm³/mol. The molecule has 3 heterocycles. The number of halogens is 1. The van der Waals surface area contributed by atoms with Crippen LogP contribution in [0.1, 0.15) is 5.56 Å². The van der Waals surface area contributed by atoms with E-state index in [0.29, 0.717) is 0 Å².